The Kier molecular flexibility index (Phi) is 5.20. The highest BCUT2D eigenvalue weighted by Crippen LogP contribution is 2.34. The highest BCUT2D eigenvalue weighted by Gasteiger charge is 2.50. The summed E-state index contributed by atoms with van der Waals surface area (Å²) in [6, 6.07) is 3.00. The minimum Gasteiger partial charge on any atom is -0.460 e. The largest absolute Gasteiger partial charge is 0.460 e. The molecule has 4 N–H and O–H groups in total. The zero-order valence-electron chi connectivity index (χ0n) is 14.3. The Bertz CT molecular complexity index is 910. The molecule has 0 bridgehead atoms. The number of ether oxygens (including phenoxy) is 2. The Morgan fingerprint density at radius 2 is 1.85 bits per heavy atom. The molecule has 1 saturated heterocycles. The molecule has 3 heterocycles. The topological polar surface area (TPSA) is 172 Å². The SMILES string of the molecule is Cc1noc(C)c1-c1ncccc1O[C@@H]1OC(S(=O)(=O)O)[C@@H](O)[C@H](O)[C@H]1O. The predicted octanol–water partition coefficient (Wildman–Crippen LogP) is -0.615. The number of rotatable bonds is 4. The summed E-state index contributed by atoms with van der Waals surface area (Å²) < 4.78 is 47.6. The van der Waals surface area contributed by atoms with Crippen molar-refractivity contribution in [2.75, 3.05) is 0 Å². The molecule has 27 heavy (non-hydrogen) atoms. The van der Waals surface area contributed by atoms with E-state index in [1.807, 2.05) is 0 Å². The van der Waals surface area contributed by atoms with Crippen LogP contribution in [0.3, 0.4) is 0 Å². The van der Waals surface area contributed by atoms with Gasteiger partial charge in [0.1, 0.15) is 35.5 Å². The van der Waals surface area contributed by atoms with Crippen LogP contribution in [0.1, 0.15) is 11.5 Å². The first-order chi connectivity index (χ1) is 12.6. The van der Waals surface area contributed by atoms with E-state index in [0.717, 1.165) is 0 Å². The van der Waals surface area contributed by atoms with E-state index >= 15 is 0 Å². The highest BCUT2D eigenvalue weighted by molar-refractivity contribution is 7.86. The molecule has 0 radical (unpaired) electrons. The van der Waals surface area contributed by atoms with E-state index in [9.17, 15) is 28.3 Å². The Morgan fingerprint density at radius 1 is 1.15 bits per heavy atom. The average molecular weight is 402 g/mol. The van der Waals surface area contributed by atoms with Gasteiger partial charge in [-0.1, -0.05) is 5.16 Å². The third-order valence-electron chi connectivity index (χ3n) is 4.10. The maximum Gasteiger partial charge on any atom is 0.295 e. The lowest BCUT2D eigenvalue weighted by molar-refractivity contribution is -0.254. The van der Waals surface area contributed by atoms with Crippen molar-refractivity contribution in [1.82, 2.24) is 10.1 Å². The molecule has 2 aromatic rings. The van der Waals surface area contributed by atoms with Crippen LogP contribution >= 0.6 is 0 Å². The third kappa shape index (κ3) is 3.67. The van der Waals surface area contributed by atoms with E-state index in [1.54, 1.807) is 13.8 Å². The molecule has 0 aliphatic carbocycles. The molecule has 11 nitrogen and oxygen atoms in total. The standard InChI is InChI=1S/C15H18N2O9S/c1-6-9(7(2)26-17-6)10-8(4-3-5-16-10)24-14-12(19)11(18)13(20)15(25-14)27(21,22)23/h3-5,11-15,18-20H,1-2H3,(H,21,22,23)/t11-,12-,13+,14-,15?/m1/s1. The Morgan fingerprint density at radius 3 is 2.44 bits per heavy atom. The summed E-state index contributed by atoms with van der Waals surface area (Å²) in [6.07, 6.45) is -6.03. The molecular formula is C15H18N2O9S. The second-order valence-electron chi connectivity index (χ2n) is 6.03. The van der Waals surface area contributed by atoms with Crippen LogP contribution in [0.25, 0.3) is 11.3 Å². The summed E-state index contributed by atoms with van der Waals surface area (Å²) in [6.45, 7) is 3.35. The maximum atomic E-state index is 11.4. The second kappa shape index (κ2) is 7.14. The van der Waals surface area contributed by atoms with Crippen LogP contribution in [-0.4, -0.2) is 68.5 Å². The van der Waals surface area contributed by atoms with E-state index in [1.165, 1.54) is 18.3 Å². The Labute approximate surface area is 153 Å². The minimum absolute atomic E-state index is 0.0774. The van der Waals surface area contributed by atoms with Gasteiger partial charge in [-0.3, -0.25) is 9.54 Å². The van der Waals surface area contributed by atoms with Gasteiger partial charge in [0.25, 0.3) is 10.1 Å². The number of pyridine rings is 1. The van der Waals surface area contributed by atoms with Crippen LogP contribution in [0, 0.1) is 13.8 Å². The Hall–Kier alpha value is -2.09. The number of hydrogen-bond acceptors (Lipinski definition) is 10. The van der Waals surface area contributed by atoms with Crippen molar-refractivity contribution in [3.63, 3.8) is 0 Å². The number of hydrogen-bond donors (Lipinski definition) is 4. The first-order valence-corrected chi connectivity index (χ1v) is 9.32. The Balaban J connectivity index is 1.96. The molecule has 148 valence electrons. The lowest BCUT2D eigenvalue weighted by atomic mass is 10.1. The van der Waals surface area contributed by atoms with Crippen molar-refractivity contribution in [3.8, 4) is 17.0 Å². The van der Waals surface area contributed by atoms with E-state index in [-0.39, 0.29) is 11.4 Å². The minimum atomic E-state index is -4.89. The molecule has 2 aromatic heterocycles. The number of nitrogens with zero attached hydrogens (tertiary/aromatic N) is 2. The van der Waals surface area contributed by atoms with Gasteiger partial charge < -0.3 is 29.3 Å². The van der Waals surface area contributed by atoms with Crippen LogP contribution < -0.4 is 4.74 Å². The van der Waals surface area contributed by atoms with Gasteiger partial charge in [0, 0.05) is 6.20 Å². The van der Waals surface area contributed by atoms with Gasteiger partial charge in [-0.2, -0.15) is 8.42 Å². The molecule has 0 saturated carbocycles. The fourth-order valence-corrected chi connectivity index (χ4v) is 3.54. The van der Waals surface area contributed by atoms with E-state index in [0.29, 0.717) is 17.0 Å². The van der Waals surface area contributed by atoms with Crippen molar-refractivity contribution in [2.45, 2.75) is 43.9 Å². The van der Waals surface area contributed by atoms with Gasteiger partial charge in [-0.25, -0.2) is 0 Å². The van der Waals surface area contributed by atoms with Crippen molar-refractivity contribution < 1.29 is 42.3 Å². The van der Waals surface area contributed by atoms with Crippen LogP contribution in [0.2, 0.25) is 0 Å². The molecule has 1 aliphatic rings. The first-order valence-electron chi connectivity index (χ1n) is 7.82. The van der Waals surface area contributed by atoms with Crippen molar-refractivity contribution in [3.05, 3.63) is 29.8 Å². The van der Waals surface area contributed by atoms with Gasteiger partial charge in [0.2, 0.25) is 11.7 Å². The number of aryl methyl sites for hydroxylation is 2. The van der Waals surface area contributed by atoms with E-state index in [4.69, 9.17) is 14.0 Å². The molecular weight excluding hydrogens is 384 g/mol. The monoisotopic (exact) mass is 402 g/mol. The van der Waals surface area contributed by atoms with Gasteiger partial charge >= 0.3 is 0 Å². The summed E-state index contributed by atoms with van der Waals surface area (Å²) in [4.78, 5) is 4.19. The summed E-state index contributed by atoms with van der Waals surface area (Å²) in [5.74, 6) is 0.529. The first kappa shape index (κ1) is 19.7. The molecule has 0 spiro atoms. The van der Waals surface area contributed by atoms with Crippen molar-refractivity contribution in [2.24, 2.45) is 0 Å². The summed E-state index contributed by atoms with van der Waals surface area (Å²) in [5, 5.41) is 33.6. The zero-order chi connectivity index (χ0) is 19.9. The number of aliphatic hydroxyl groups excluding tert-OH is 3. The molecule has 0 amide bonds. The molecule has 1 fully saturated rings. The molecule has 1 unspecified atom stereocenters. The average Bonchev–Trinajstić information content (AvgIpc) is 2.93. The van der Waals surface area contributed by atoms with Gasteiger partial charge in [0.15, 0.2) is 0 Å². The van der Waals surface area contributed by atoms with Crippen LogP contribution in [0.5, 0.6) is 5.75 Å². The quantitative estimate of drug-likeness (QED) is 0.480. The molecule has 12 heteroatoms. The normalized spacial score (nSPS) is 28.9. The van der Waals surface area contributed by atoms with Crippen molar-refractivity contribution >= 4 is 10.1 Å². The second-order valence-corrected chi connectivity index (χ2v) is 7.52. The molecule has 3 rings (SSSR count). The van der Waals surface area contributed by atoms with Crippen LogP contribution in [0.15, 0.2) is 22.9 Å². The van der Waals surface area contributed by atoms with Crippen LogP contribution in [-0.2, 0) is 14.9 Å². The molecule has 1 aliphatic heterocycles. The summed E-state index contributed by atoms with van der Waals surface area (Å²) >= 11 is 0. The fourth-order valence-electron chi connectivity index (χ4n) is 2.78. The lowest BCUT2D eigenvalue weighted by Crippen LogP contribution is -2.61. The molecule has 0 aromatic carbocycles. The van der Waals surface area contributed by atoms with Crippen LogP contribution in [0.4, 0.5) is 0 Å². The summed E-state index contributed by atoms with van der Waals surface area (Å²) in [7, 11) is -4.89. The van der Waals surface area contributed by atoms with Gasteiger partial charge in [-0.05, 0) is 26.0 Å². The lowest BCUT2D eigenvalue weighted by Gasteiger charge is -2.38. The maximum absolute atomic E-state index is 11.4. The van der Waals surface area contributed by atoms with E-state index in [2.05, 4.69) is 10.1 Å². The van der Waals surface area contributed by atoms with Crippen molar-refractivity contribution in [1.29, 1.82) is 0 Å². The fraction of sp³-hybridized carbons (Fsp3) is 0.467. The number of aromatic nitrogens is 2. The highest BCUT2D eigenvalue weighted by atomic mass is 32.2. The number of aliphatic hydroxyl groups is 3. The third-order valence-corrected chi connectivity index (χ3v) is 5.08. The summed E-state index contributed by atoms with van der Waals surface area (Å²) in [5.41, 5.74) is -0.858. The zero-order valence-corrected chi connectivity index (χ0v) is 15.1. The van der Waals surface area contributed by atoms with Gasteiger partial charge in [-0.15, -0.1) is 0 Å². The predicted molar refractivity (Wildman–Crippen MR) is 88.1 cm³/mol. The molecule has 5 atom stereocenters. The van der Waals surface area contributed by atoms with E-state index < -0.39 is 40.2 Å². The smallest absolute Gasteiger partial charge is 0.295 e. The van der Waals surface area contributed by atoms with Gasteiger partial charge in [0.05, 0.1) is 11.3 Å².